The van der Waals surface area contributed by atoms with Crippen LogP contribution in [0, 0.1) is 5.92 Å². The number of alkyl halides is 4. The van der Waals surface area contributed by atoms with Gasteiger partial charge in [0.25, 0.3) is 0 Å². The molecule has 2 aliphatic rings. The Labute approximate surface area is 121 Å². The van der Waals surface area contributed by atoms with Crippen molar-refractivity contribution in [1.29, 1.82) is 0 Å². The van der Waals surface area contributed by atoms with E-state index in [4.69, 9.17) is 4.55 Å². The second kappa shape index (κ2) is 4.75. The van der Waals surface area contributed by atoms with Crippen LogP contribution in [0.4, 0.5) is 17.6 Å². The first-order valence-corrected chi connectivity index (χ1v) is 8.66. The molecule has 22 heavy (non-hydrogen) atoms. The van der Waals surface area contributed by atoms with Crippen LogP contribution in [0.3, 0.4) is 0 Å². The number of fused-ring (bicyclic) bond motifs is 2. The smallest absolute Gasteiger partial charge is 0.432 e. The quantitative estimate of drug-likeness (QED) is 0.409. The molecule has 4 atom stereocenters. The van der Waals surface area contributed by atoms with E-state index in [1.165, 1.54) is 0 Å². The third kappa shape index (κ3) is 2.47. The van der Waals surface area contributed by atoms with Crippen LogP contribution in [0.2, 0.25) is 0 Å². The Kier molecular flexibility index (Phi) is 3.75. The van der Waals surface area contributed by atoms with Crippen molar-refractivity contribution in [3.8, 4) is 0 Å². The topological polar surface area (TPSA) is 124 Å². The van der Waals surface area contributed by atoms with E-state index >= 15 is 0 Å². The van der Waals surface area contributed by atoms with Crippen LogP contribution in [-0.2, 0) is 34.2 Å². The molecule has 0 spiro atoms. The first kappa shape index (κ1) is 17.4. The van der Waals surface area contributed by atoms with E-state index in [1.807, 2.05) is 0 Å². The molecule has 14 heteroatoms. The van der Waals surface area contributed by atoms with Crippen molar-refractivity contribution in [1.82, 2.24) is 0 Å². The summed E-state index contributed by atoms with van der Waals surface area (Å²) in [6.07, 6.45) is -8.33. The van der Waals surface area contributed by atoms with Gasteiger partial charge in [-0.3, -0.25) is 4.55 Å². The minimum absolute atomic E-state index is 0.183. The number of esters is 1. The van der Waals surface area contributed by atoms with Gasteiger partial charge in [0.05, 0.1) is 5.75 Å². The number of hydrogen-bond acceptors (Lipinski definition) is 7. The lowest BCUT2D eigenvalue weighted by Gasteiger charge is -2.27. The largest absolute Gasteiger partial charge is 0.451 e. The normalized spacial score (nSPS) is 33.4. The molecule has 0 aromatic carbocycles. The number of carbonyl (C=O) groups is 1. The van der Waals surface area contributed by atoms with Crippen molar-refractivity contribution in [3.63, 3.8) is 0 Å². The number of ether oxygens (including phenoxy) is 2. The third-order valence-corrected chi connectivity index (χ3v) is 6.33. The standard InChI is InChI=1S/C8H8F4O8S2/c9-7(8(10,11)12,22(16,17)18)6(13)20-5-3-1-4(19-5)21(14,15)2-3/h3-5H,1-2H2,(H,16,17,18). The van der Waals surface area contributed by atoms with Crippen LogP contribution in [0.5, 0.6) is 0 Å². The van der Waals surface area contributed by atoms with Gasteiger partial charge in [0.1, 0.15) is 0 Å². The summed E-state index contributed by atoms with van der Waals surface area (Å²) in [7, 11) is -10.2. The molecule has 4 unspecified atom stereocenters. The maximum atomic E-state index is 13.6. The Morgan fingerprint density at radius 1 is 1.27 bits per heavy atom. The van der Waals surface area contributed by atoms with Crippen molar-refractivity contribution in [2.45, 2.75) is 29.3 Å². The highest BCUT2D eigenvalue weighted by atomic mass is 32.2. The summed E-state index contributed by atoms with van der Waals surface area (Å²) in [5.41, 5.74) is -1.42. The minimum atomic E-state index is -6.54. The van der Waals surface area contributed by atoms with Crippen molar-refractivity contribution >= 4 is 25.9 Å². The summed E-state index contributed by atoms with van der Waals surface area (Å²) in [5.74, 6) is -4.55. The second-order valence-corrected chi connectivity index (χ2v) is 8.43. The van der Waals surface area contributed by atoms with Gasteiger partial charge in [0.2, 0.25) is 6.29 Å². The second-order valence-electron chi connectivity index (χ2n) is 4.73. The molecule has 2 aliphatic heterocycles. The van der Waals surface area contributed by atoms with Gasteiger partial charge >= 0.3 is 27.3 Å². The molecule has 2 rings (SSSR count). The average molecular weight is 372 g/mol. The molecule has 0 aliphatic carbocycles. The van der Waals surface area contributed by atoms with Crippen LogP contribution in [0.15, 0.2) is 0 Å². The van der Waals surface area contributed by atoms with E-state index in [0.717, 1.165) is 0 Å². The lowest BCUT2D eigenvalue weighted by Crippen LogP contribution is -2.56. The molecule has 2 bridgehead atoms. The monoisotopic (exact) mass is 372 g/mol. The summed E-state index contributed by atoms with van der Waals surface area (Å²) >= 11 is 0. The maximum absolute atomic E-state index is 13.6. The number of sulfone groups is 1. The number of hydrogen-bond donors (Lipinski definition) is 1. The van der Waals surface area contributed by atoms with Crippen LogP contribution in [0.1, 0.15) is 6.42 Å². The summed E-state index contributed by atoms with van der Waals surface area (Å²) in [5, 5.41) is -5.69. The molecule has 8 nitrogen and oxygen atoms in total. The zero-order valence-corrected chi connectivity index (χ0v) is 11.9. The lowest BCUT2D eigenvalue weighted by molar-refractivity contribution is -0.230. The molecule has 0 aromatic rings. The van der Waals surface area contributed by atoms with E-state index < -0.39 is 60.5 Å². The molecular weight excluding hydrogens is 364 g/mol. The molecule has 2 heterocycles. The molecule has 0 amide bonds. The Hall–Kier alpha value is -0.990. The van der Waals surface area contributed by atoms with Crippen molar-refractivity contribution in [3.05, 3.63) is 0 Å². The zero-order chi connectivity index (χ0) is 17.1. The van der Waals surface area contributed by atoms with E-state index in [0.29, 0.717) is 0 Å². The Morgan fingerprint density at radius 3 is 2.14 bits per heavy atom. The van der Waals surface area contributed by atoms with Gasteiger partial charge in [0, 0.05) is 5.92 Å². The van der Waals surface area contributed by atoms with Gasteiger partial charge in [-0.15, -0.1) is 0 Å². The highest BCUT2D eigenvalue weighted by molar-refractivity contribution is 7.92. The average Bonchev–Trinajstić information content (AvgIpc) is 2.80. The van der Waals surface area contributed by atoms with Crippen LogP contribution >= 0.6 is 0 Å². The summed E-state index contributed by atoms with van der Waals surface area (Å²) < 4.78 is 112. The summed E-state index contributed by atoms with van der Waals surface area (Å²) in [4.78, 5) is 11.3. The highest BCUT2D eigenvalue weighted by Crippen LogP contribution is 2.43. The Morgan fingerprint density at radius 2 is 1.82 bits per heavy atom. The molecule has 1 N–H and O–H groups in total. The minimum Gasteiger partial charge on any atom is -0.432 e. The predicted octanol–water partition coefficient (Wildman–Crippen LogP) is -0.237. The lowest BCUT2D eigenvalue weighted by atomic mass is 10.1. The SMILES string of the molecule is O=C(OC1OC2CC1CS2(=O)=O)C(F)(C(F)(F)F)S(=O)(=O)O. The fourth-order valence-electron chi connectivity index (χ4n) is 2.13. The van der Waals surface area contributed by atoms with Crippen LogP contribution in [0.25, 0.3) is 0 Å². The molecule has 0 saturated carbocycles. The van der Waals surface area contributed by atoms with Gasteiger partial charge in [-0.1, -0.05) is 0 Å². The molecule has 0 aromatic heterocycles. The number of halogens is 4. The van der Waals surface area contributed by atoms with Gasteiger partial charge in [-0.2, -0.15) is 21.6 Å². The van der Waals surface area contributed by atoms with Gasteiger partial charge in [-0.05, 0) is 6.42 Å². The first-order chi connectivity index (χ1) is 9.70. The fourth-order valence-corrected chi connectivity index (χ4v) is 4.61. The van der Waals surface area contributed by atoms with Gasteiger partial charge in [-0.25, -0.2) is 17.6 Å². The van der Waals surface area contributed by atoms with E-state index in [2.05, 4.69) is 9.47 Å². The zero-order valence-electron chi connectivity index (χ0n) is 10.3. The van der Waals surface area contributed by atoms with Crippen LogP contribution < -0.4 is 0 Å². The first-order valence-electron chi connectivity index (χ1n) is 5.51. The van der Waals surface area contributed by atoms with Crippen LogP contribution in [-0.4, -0.2) is 56.0 Å². The maximum Gasteiger partial charge on any atom is 0.451 e. The van der Waals surface area contributed by atoms with Crippen molar-refractivity contribution < 1.29 is 53.2 Å². The van der Waals surface area contributed by atoms with Crippen molar-refractivity contribution in [2.24, 2.45) is 5.92 Å². The molecule has 128 valence electrons. The number of rotatable bonds is 3. The van der Waals surface area contributed by atoms with E-state index in [9.17, 15) is 39.2 Å². The molecule has 2 fully saturated rings. The van der Waals surface area contributed by atoms with E-state index in [1.54, 1.807) is 0 Å². The number of carbonyl (C=O) groups excluding carboxylic acids is 1. The molecule has 2 saturated heterocycles. The van der Waals surface area contributed by atoms with Gasteiger partial charge in [0.15, 0.2) is 15.3 Å². The molecular formula is C8H8F4O8S2. The predicted molar refractivity (Wildman–Crippen MR) is 58.1 cm³/mol. The Bertz CT molecular complexity index is 698. The fraction of sp³-hybridized carbons (Fsp3) is 0.875. The summed E-state index contributed by atoms with van der Waals surface area (Å²) in [6, 6.07) is 0. The van der Waals surface area contributed by atoms with E-state index in [-0.39, 0.29) is 6.42 Å². The highest BCUT2D eigenvalue weighted by Gasteiger charge is 2.73. The van der Waals surface area contributed by atoms with Gasteiger partial charge < -0.3 is 9.47 Å². The Balaban J connectivity index is 2.22. The molecule has 0 radical (unpaired) electrons. The summed E-state index contributed by atoms with van der Waals surface area (Å²) in [6.45, 7) is 0. The van der Waals surface area contributed by atoms with Crippen molar-refractivity contribution in [2.75, 3.05) is 5.75 Å². The third-order valence-electron chi connectivity index (χ3n) is 3.22.